The van der Waals surface area contributed by atoms with Crippen LogP contribution in [-0.4, -0.2) is 0 Å². The van der Waals surface area contributed by atoms with Gasteiger partial charge in [-0.15, -0.1) is 0 Å². The van der Waals surface area contributed by atoms with E-state index in [1.807, 2.05) is 30.3 Å². The maximum atomic E-state index is 5.27. The molecule has 0 atom stereocenters. The molecule has 0 saturated heterocycles. The van der Waals surface area contributed by atoms with E-state index in [4.69, 9.17) is 11.6 Å². The fraction of sp³-hybridized carbons (Fsp3) is 0. The van der Waals surface area contributed by atoms with Crippen LogP contribution in [0.1, 0.15) is 5.56 Å². The van der Waals surface area contributed by atoms with E-state index in [9.17, 15) is 0 Å². The Morgan fingerprint density at radius 3 is 2.54 bits per heavy atom. The lowest BCUT2D eigenvalue weighted by Crippen LogP contribution is -1.68. The number of rotatable bonds is 0. The zero-order valence-corrected chi connectivity index (χ0v) is 7.68. The Kier molecular flexibility index (Phi) is 4.33. The van der Waals surface area contributed by atoms with Crippen LogP contribution in [0.2, 0.25) is 0 Å². The molecule has 0 aliphatic rings. The normalized spacial score (nSPS) is 8.38. The van der Waals surface area contributed by atoms with Gasteiger partial charge in [0.1, 0.15) is 0 Å². The molecule has 0 radical (unpaired) electrons. The van der Waals surface area contributed by atoms with Crippen molar-refractivity contribution in [3.05, 3.63) is 47.5 Å². The predicted octanol–water partition coefficient (Wildman–Crippen LogP) is 2.79. The number of hydrogen-bond donors (Lipinski definition) is 0. The zero-order valence-electron chi connectivity index (χ0n) is 6.92. The van der Waals surface area contributed by atoms with Crippen LogP contribution in [-0.2, 0) is 0 Å². The van der Waals surface area contributed by atoms with Gasteiger partial charge in [-0.3, -0.25) is 0 Å². The topological polar surface area (TPSA) is 0 Å². The molecule has 0 saturated carbocycles. The molecule has 0 fully saturated rings. The van der Waals surface area contributed by atoms with E-state index in [1.54, 1.807) is 6.08 Å². The first-order chi connectivity index (χ1) is 6.43. The van der Waals surface area contributed by atoms with Crippen molar-refractivity contribution in [3.8, 4) is 23.7 Å². The van der Waals surface area contributed by atoms with Crippen LogP contribution >= 0.6 is 11.6 Å². The largest absolute Gasteiger partial charge is 0.0923 e. The molecule has 0 bridgehead atoms. The number of halogens is 1. The summed E-state index contributed by atoms with van der Waals surface area (Å²) in [5.74, 6) is 10.9. The van der Waals surface area contributed by atoms with Gasteiger partial charge in [0.05, 0.1) is 0 Å². The monoisotopic (exact) mass is 186 g/mol. The van der Waals surface area contributed by atoms with Crippen molar-refractivity contribution < 1.29 is 0 Å². The van der Waals surface area contributed by atoms with Crippen molar-refractivity contribution >= 4 is 11.6 Å². The van der Waals surface area contributed by atoms with E-state index in [0.717, 1.165) is 5.56 Å². The van der Waals surface area contributed by atoms with Gasteiger partial charge in [0.25, 0.3) is 0 Å². The molecule has 1 heteroatoms. The Morgan fingerprint density at radius 2 is 1.85 bits per heavy atom. The van der Waals surface area contributed by atoms with Gasteiger partial charge in [-0.05, 0) is 24.0 Å². The smallest absolute Gasteiger partial charge is 0.0255 e. The van der Waals surface area contributed by atoms with Crippen LogP contribution in [0.4, 0.5) is 0 Å². The third-order valence-corrected chi connectivity index (χ3v) is 1.39. The summed E-state index contributed by atoms with van der Waals surface area (Å²) in [5.41, 5.74) is 2.32. The summed E-state index contributed by atoms with van der Waals surface area (Å²) >= 11 is 5.27. The van der Waals surface area contributed by atoms with Crippen LogP contribution in [0.5, 0.6) is 0 Å². The van der Waals surface area contributed by atoms with Crippen molar-refractivity contribution in [3.63, 3.8) is 0 Å². The molecule has 0 aromatic heterocycles. The van der Waals surface area contributed by atoms with E-state index in [0.29, 0.717) is 0 Å². The third kappa shape index (κ3) is 4.06. The van der Waals surface area contributed by atoms with E-state index < -0.39 is 0 Å². The minimum Gasteiger partial charge on any atom is -0.0923 e. The van der Waals surface area contributed by atoms with E-state index in [2.05, 4.69) is 23.7 Å². The fourth-order valence-corrected chi connectivity index (χ4v) is 0.797. The SMILES string of the molecule is Cl/C=C/C#CC#Cc1ccccc1. The van der Waals surface area contributed by atoms with Gasteiger partial charge in [-0.2, -0.15) is 0 Å². The molecule has 0 nitrogen and oxygen atoms in total. The first-order valence-corrected chi connectivity index (χ1v) is 4.19. The minimum atomic E-state index is 0.964. The molecule has 13 heavy (non-hydrogen) atoms. The first kappa shape index (κ1) is 9.46. The second-order valence-electron chi connectivity index (χ2n) is 2.18. The molecule has 0 aliphatic heterocycles. The van der Waals surface area contributed by atoms with Gasteiger partial charge >= 0.3 is 0 Å². The van der Waals surface area contributed by atoms with Gasteiger partial charge in [-0.1, -0.05) is 41.6 Å². The summed E-state index contributed by atoms with van der Waals surface area (Å²) in [6.07, 6.45) is 1.54. The predicted molar refractivity (Wildman–Crippen MR) is 56.1 cm³/mol. The summed E-state index contributed by atoms with van der Waals surface area (Å²) in [6, 6.07) is 9.71. The molecule has 0 amide bonds. The van der Waals surface area contributed by atoms with E-state index in [-0.39, 0.29) is 0 Å². The van der Waals surface area contributed by atoms with Gasteiger partial charge in [0.2, 0.25) is 0 Å². The first-order valence-electron chi connectivity index (χ1n) is 3.75. The standard InChI is InChI=1S/C12H7Cl/c13-11-7-2-1-4-8-12-9-5-3-6-10-12/h3,5-7,9-11H/b11-7+. The van der Waals surface area contributed by atoms with Gasteiger partial charge < -0.3 is 0 Å². The van der Waals surface area contributed by atoms with Crippen molar-refractivity contribution in [2.24, 2.45) is 0 Å². The van der Waals surface area contributed by atoms with Crippen LogP contribution in [0.3, 0.4) is 0 Å². The van der Waals surface area contributed by atoms with Gasteiger partial charge in [0, 0.05) is 17.2 Å². The maximum absolute atomic E-state index is 5.27. The van der Waals surface area contributed by atoms with Crippen LogP contribution in [0, 0.1) is 23.7 Å². The summed E-state index contributed by atoms with van der Waals surface area (Å²) in [7, 11) is 0. The Hall–Kier alpha value is -1.63. The molecule has 0 N–H and O–H groups in total. The molecule has 0 unspecified atom stereocenters. The second kappa shape index (κ2) is 5.95. The Labute approximate surface area is 83.2 Å². The van der Waals surface area contributed by atoms with Crippen molar-refractivity contribution in [2.45, 2.75) is 0 Å². The van der Waals surface area contributed by atoms with Crippen LogP contribution in [0.15, 0.2) is 41.9 Å². The van der Waals surface area contributed by atoms with E-state index >= 15 is 0 Å². The van der Waals surface area contributed by atoms with Crippen molar-refractivity contribution in [2.75, 3.05) is 0 Å². The third-order valence-electron chi connectivity index (χ3n) is 1.26. The number of benzene rings is 1. The molecular weight excluding hydrogens is 180 g/mol. The summed E-state index contributed by atoms with van der Waals surface area (Å²) in [4.78, 5) is 0. The average molecular weight is 187 g/mol. The van der Waals surface area contributed by atoms with Crippen molar-refractivity contribution in [1.82, 2.24) is 0 Å². The Morgan fingerprint density at radius 1 is 1.08 bits per heavy atom. The molecule has 0 aliphatic carbocycles. The lowest BCUT2D eigenvalue weighted by atomic mass is 10.2. The minimum absolute atomic E-state index is 0.964. The molecule has 1 aromatic rings. The maximum Gasteiger partial charge on any atom is 0.0255 e. The van der Waals surface area contributed by atoms with Gasteiger partial charge in [0.15, 0.2) is 0 Å². The highest BCUT2D eigenvalue weighted by Crippen LogP contribution is 1.93. The Bertz CT molecular complexity index is 393. The molecule has 62 valence electrons. The highest BCUT2D eigenvalue weighted by molar-refractivity contribution is 6.25. The summed E-state index contributed by atoms with van der Waals surface area (Å²) in [6.45, 7) is 0. The average Bonchev–Trinajstić information content (AvgIpc) is 2.19. The van der Waals surface area contributed by atoms with E-state index in [1.165, 1.54) is 5.54 Å². The molecule has 0 spiro atoms. The molecule has 1 rings (SSSR count). The Balaban J connectivity index is 2.65. The quantitative estimate of drug-likeness (QED) is 0.547. The number of allylic oxidation sites excluding steroid dienone is 1. The zero-order chi connectivity index (χ0) is 9.36. The van der Waals surface area contributed by atoms with Gasteiger partial charge in [-0.25, -0.2) is 0 Å². The summed E-state index contributed by atoms with van der Waals surface area (Å²) < 4.78 is 0. The lowest BCUT2D eigenvalue weighted by molar-refractivity contribution is 1.65. The highest BCUT2D eigenvalue weighted by Gasteiger charge is 1.78. The fourth-order valence-electron chi connectivity index (χ4n) is 0.734. The summed E-state index contributed by atoms with van der Waals surface area (Å²) in [5, 5.41) is 0. The number of hydrogen-bond acceptors (Lipinski definition) is 0. The lowest BCUT2D eigenvalue weighted by Gasteiger charge is -1.83. The van der Waals surface area contributed by atoms with Crippen LogP contribution < -0.4 is 0 Å². The van der Waals surface area contributed by atoms with Crippen LogP contribution in [0.25, 0.3) is 0 Å². The van der Waals surface area contributed by atoms with Crippen molar-refractivity contribution in [1.29, 1.82) is 0 Å². The second-order valence-corrected chi connectivity index (χ2v) is 2.43. The molecular formula is C12H7Cl. The molecule has 0 heterocycles. The molecule has 1 aromatic carbocycles. The highest BCUT2D eigenvalue weighted by atomic mass is 35.5.